The molecule has 10 heteroatoms. The third-order valence-corrected chi connectivity index (χ3v) is 6.36. The van der Waals surface area contributed by atoms with Crippen molar-refractivity contribution in [2.45, 2.75) is 37.8 Å². The Bertz CT molecular complexity index is 981. The van der Waals surface area contributed by atoms with Gasteiger partial charge in [-0.15, -0.1) is 0 Å². The molecular weight excluding hydrogens is 699 g/mol. The summed E-state index contributed by atoms with van der Waals surface area (Å²) in [5.41, 5.74) is 6.86. The number of anilines is 1. The van der Waals surface area contributed by atoms with E-state index in [1.807, 2.05) is 17.1 Å². The molecule has 1 atom stereocenters. The maximum atomic E-state index is 13.4. The van der Waals surface area contributed by atoms with Crippen LogP contribution in [0, 0.1) is 11.3 Å². The fourth-order valence-corrected chi connectivity index (χ4v) is 4.92. The summed E-state index contributed by atoms with van der Waals surface area (Å²) in [4.78, 5) is 28.2. The zero-order valence-corrected chi connectivity index (χ0v) is 21.5. The minimum absolute atomic E-state index is 0.0148. The predicted octanol–water partition coefficient (Wildman–Crippen LogP) is 2.98. The highest BCUT2D eigenvalue weighted by molar-refractivity contribution is 14.3. The van der Waals surface area contributed by atoms with E-state index in [4.69, 9.17) is 5.73 Å². The summed E-state index contributed by atoms with van der Waals surface area (Å²) in [6.07, 6.45) is 7.44. The summed E-state index contributed by atoms with van der Waals surface area (Å²) >= 11 is 6.22. The highest BCUT2D eigenvalue weighted by Crippen LogP contribution is 2.39. The van der Waals surface area contributed by atoms with Gasteiger partial charge >= 0.3 is 5.69 Å². The quantitative estimate of drug-likeness (QED) is 0.382. The van der Waals surface area contributed by atoms with Gasteiger partial charge in [-0.05, 0) is 99.0 Å². The molecule has 0 spiro atoms. The highest BCUT2D eigenvalue weighted by atomic mass is 127. The van der Waals surface area contributed by atoms with E-state index in [2.05, 4.69) is 73.8 Å². The Morgan fingerprint density at radius 3 is 2.61 bits per heavy atom. The maximum absolute atomic E-state index is 13.4. The summed E-state index contributed by atoms with van der Waals surface area (Å²) < 4.78 is 2.14. The molecule has 150 valence electrons. The van der Waals surface area contributed by atoms with Crippen molar-refractivity contribution in [2.24, 2.45) is 5.73 Å². The molecule has 0 amide bonds. The van der Waals surface area contributed by atoms with Crippen LogP contribution >= 0.6 is 67.8 Å². The Morgan fingerprint density at radius 2 is 1.96 bits per heavy atom. The van der Waals surface area contributed by atoms with Crippen LogP contribution in [-0.2, 0) is 6.10 Å². The fourth-order valence-electron chi connectivity index (χ4n) is 3.59. The molecule has 28 heavy (non-hydrogen) atoms. The van der Waals surface area contributed by atoms with E-state index >= 15 is 0 Å². The van der Waals surface area contributed by atoms with Crippen LogP contribution in [0.15, 0.2) is 39.0 Å². The first-order chi connectivity index (χ1) is 13.2. The van der Waals surface area contributed by atoms with Crippen LogP contribution in [-0.4, -0.2) is 28.3 Å². The van der Waals surface area contributed by atoms with Crippen molar-refractivity contribution >= 4 is 73.6 Å². The zero-order chi connectivity index (χ0) is 20.5. The van der Waals surface area contributed by atoms with Crippen LogP contribution in [0.3, 0.4) is 0 Å². The molecule has 1 saturated heterocycles. The lowest BCUT2D eigenvalue weighted by Gasteiger charge is -2.34. The normalized spacial score (nSPS) is 20.4. The Kier molecular flexibility index (Phi) is 7.30. The lowest BCUT2D eigenvalue weighted by molar-refractivity contribution is 0.491. The Hall–Kier alpha value is -0.400. The monoisotopic (exact) mass is 719 g/mol. The number of halogens is 3. The van der Waals surface area contributed by atoms with Gasteiger partial charge in [0.25, 0.3) is 5.56 Å². The van der Waals surface area contributed by atoms with Crippen LogP contribution in [0.25, 0.3) is 0 Å². The molecule has 0 unspecified atom stereocenters. The van der Waals surface area contributed by atoms with Crippen LogP contribution in [0.4, 0.5) is 5.82 Å². The van der Waals surface area contributed by atoms with Crippen molar-refractivity contribution < 1.29 is 0 Å². The number of alkyl halides is 3. The van der Waals surface area contributed by atoms with Gasteiger partial charge in [-0.25, -0.2) is 9.36 Å². The van der Waals surface area contributed by atoms with E-state index in [-0.39, 0.29) is 23.8 Å². The van der Waals surface area contributed by atoms with Crippen molar-refractivity contribution in [3.63, 3.8) is 0 Å². The maximum Gasteiger partial charge on any atom is 0.335 e. The van der Waals surface area contributed by atoms with E-state index in [1.54, 1.807) is 4.57 Å². The second-order valence-corrected chi connectivity index (χ2v) is 17.8. The van der Waals surface area contributed by atoms with Gasteiger partial charge in [0.05, 0.1) is 18.2 Å². The number of hydrogen-bond donors (Lipinski definition) is 1. The lowest BCUT2D eigenvalue weighted by Crippen LogP contribution is -2.49. The third kappa shape index (κ3) is 4.84. The predicted molar refractivity (Wildman–Crippen MR) is 135 cm³/mol. The average Bonchev–Trinajstić information content (AvgIpc) is 2.63. The highest BCUT2D eigenvalue weighted by Gasteiger charge is 2.29. The van der Waals surface area contributed by atoms with E-state index in [0.717, 1.165) is 37.8 Å². The second-order valence-electron chi connectivity index (χ2n) is 6.90. The number of piperidine rings is 1. The first-order valence-electron chi connectivity index (χ1n) is 8.96. The number of hydrogen-bond acceptors (Lipinski definition) is 5. The summed E-state index contributed by atoms with van der Waals surface area (Å²) in [6.45, 7) is 1.62. The van der Waals surface area contributed by atoms with E-state index in [1.165, 1.54) is 10.6 Å². The van der Waals surface area contributed by atoms with Crippen LogP contribution in [0.5, 0.6) is 0 Å². The first-order valence-corrected chi connectivity index (χ1v) is 12.2. The minimum Gasteiger partial charge on any atom is -0.356 e. The molecule has 0 saturated carbocycles. The number of nitrogens with two attached hydrogens (primary N) is 1. The molecule has 0 bridgehead atoms. The molecule has 1 aliphatic carbocycles. The molecule has 1 aromatic heterocycles. The summed E-state index contributed by atoms with van der Waals surface area (Å²) in [5.74, 6) is 0.582. The van der Waals surface area contributed by atoms with Crippen molar-refractivity contribution in [1.82, 2.24) is 9.13 Å². The van der Waals surface area contributed by atoms with Crippen LogP contribution in [0.2, 0.25) is 0 Å². The molecule has 1 aliphatic heterocycles. The van der Waals surface area contributed by atoms with Gasteiger partial charge in [0, 0.05) is 25.2 Å². The Labute approximate surface area is 204 Å². The van der Waals surface area contributed by atoms with Gasteiger partial charge in [0.1, 0.15) is 5.82 Å². The minimum atomic E-state index is -0.727. The largest absolute Gasteiger partial charge is 0.356 e. The number of allylic oxidation sites excluding steroid dienone is 4. The van der Waals surface area contributed by atoms with Crippen molar-refractivity contribution in [3.05, 3.63) is 50.2 Å². The first kappa shape index (κ1) is 22.3. The van der Waals surface area contributed by atoms with Gasteiger partial charge in [-0.1, -0.05) is 12.2 Å². The third-order valence-electron chi connectivity index (χ3n) is 4.91. The topological polar surface area (TPSA) is 97.1 Å². The number of rotatable bonds is 4. The zero-order valence-electron chi connectivity index (χ0n) is 15.1. The molecule has 2 heterocycles. The lowest BCUT2D eigenvalue weighted by atomic mass is 9.98. The Balaban J connectivity index is 2.15. The SMILES string of the molecule is N#CC1=CCCC=C1Cn1c(N2CCC[C@H](N)C2)cc(=O)n(C(I)(I)I)c1=O. The molecule has 0 radical (unpaired) electrons. The summed E-state index contributed by atoms with van der Waals surface area (Å²) in [5, 5.41) is 9.46. The van der Waals surface area contributed by atoms with E-state index in [9.17, 15) is 14.9 Å². The molecule has 2 N–H and O–H groups in total. The van der Waals surface area contributed by atoms with Gasteiger partial charge < -0.3 is 10.6 Å². The molecule has 2 aliphatic rings. The summed E-state index contributed by atoms with van der Waals surface area (Å²) in [6, 6.07) is 3.77. The van der Waals surface area contributed by atoms with Gasteiger partial charge in [0.15, 0.2) is 0 Å². The number of nitrogens with zero attached hydrogens (tertiary/aromatic N) is 4. The van der Waals surface area contributed by atoms with E-state index in [0.29, 0.717) is 17.9 Å². The van der Waals surface area contributed by atoms with Crippen molar-refractivity contribution in [2.75, 3.05) is 18.0 Å². The van der Waals surface area contributed by atoms with Crippen LogP contribution < -0.4 is 21.9 Å². The molecule has 1 fully saturated rings. The smallest absolute Gasteiger partial charge is 0.335 e. The number of nitriles is 1. The summed E-state index contributed by atoms with van der Waals surface area (Å²) in [7, 11) is 0. The molecule has 3 rings (SSSR count). The molecule has 1 aromatic rings. The molecule has 0 aromatic carbocycles. The van der Waals surface area contributed by atoms with Crippen molar-refractivity contribution in [1.29, 1.82) is 5.26 Å². The van der Waals surface area contributed by atoms with Gasteiger partial charge in [0.2, 0.25) is -0.441 Å². The molecular formula is C18H20I3N5O2. The standard InChI is InChI=1S/C18H20I3N5O2/c19-18(20,21)26-16(27)8-15(24-7-3-6-14(23)11-24)25(17(26)28)10-13-5-2-1-4-12(13)9-22/h4-5,8,14H,1-3,6-7,10-11,23H2/t14-/m0/s1. The Morgan fingerprint density at radius 1 is 1.25 bits per heavy atom. The molecule has 7 nitrogen and oxygen atoms in total. The fraction of sp³-hybridized carbons (Fsp3) is 0.500. The van der Waals surface area contributed by atoms with Crippen molar-refractivity contribution in [3.8, 4) is 6.07 Å². The van der Waals surface area contributed by atoms with Gasteiger partial charge in [-0.2, -0.15) is 5.26 Å². The van der Waals surface area contributed by atoms with Gasteiger partial charge in [-0.3, -0.25) is 9.36 Å². The van der Waals surface area contributed by atoms with Crippen LogP contribution in [0.1, 0.15) is 25.7 Å². The number of aromatic nitrogens is 2. The van der Waals surface area contributed by atoms with E-state index < -0.39 is -0.441 Å². The average molecular weight is 719 g/mol. The second kappa shape index (κ2) is 9.17.